The second kappa shape index (κ2) is 37.6. The minimum atomic E-state index is -0.0699. The average Bonchev–Trinajstić information content (AvgIpc) is 3.01. The number of hydrogen-bond donors (Lipinski definition) is 1. The smallest absolute Gasteiger partial charge is 0.305 e. The minimum absolute atomic E-state index is 0.0121. The zero-order chi connectivity index (χ0) is 31.3. The summed E-state index contributed by atoms with van der Waals surface area (Å²) < 4.78 is 5.45. The highest BCUT2D eigenvalue weighted by molar-refractivity contribution is 5.69. The molecule has 0 aromatic heterocycles. The number of ether oxygens (including phenoxy) is 1. The molecule has 0 amide bonds. The van der Waals surface area contributed by atoms with E-state index < -0.39 is 0 Å². The van der Waals surface area contributed by atoms with Crippen molar-refractivity contribution in [1.29, 1.82) is 0 Å². The van der Waals surface area contributed by atoms with Gasteiger partial charge < -0.3 is 9.84 Å². The molecule has 3 nitrogen and oxygen atoms in total. The molecule has 1 N–H and O–H groups in total. The van der Waals surface area contributed by atoms with E-state index in [1.54, 1.807) is 0 Å². The van der Waals surface area contributed by atoms with E-state index in [1.807, 2.05) is 0 Å². The Balaban J connectivity index is 3.19. The van der Waals surface area contributed by atoms with Crippen molar-refractivity contribution in [3.05, 3.63) is 0 Å². The van der Waals surface area contributed by atoms with Gasteiger partial charge in [-0.3, -0.25) is 4.79 Å². The molecule has 0 fully saturated rings. The summed E-state index contributed by atoms with van der Waals surface area (Å²) in [7, 11) is 0. The van der Waals surface area contributed by atoms with Crippen LogP contribution >= 0.6 is 0 Å². The van der Waals surface area contributed by atoms with E-state index in [0.29, 0.717) is 13.0 Å². The van der Waals surface area contributed by atoms with Crippen molar-refractivity contribution in [3.63, 3.8) is 0 Å². The fourth-order valence-corrected chi connectivity index (χ4v) is 6.28. The highest BCUT2D eigenvalue weighted by Gasteiger charge is 2.04. The van der Waals surface area contributed by atoms with E-state index in [9.17, 15) is 9.90 Å². The molecule has 0 saturated carbocycles. The summed E-state index contributed by atoms with van der Waals surface area (Å²) in [4.78, 5) is 12.0. The molecule has 0 aliphatic carbocycles. The van der Waals surface area contributed by atoms with Crippen LogP contribution in [0.2, 0.25) is 0 Å². The third kappa shape index (κ3) is 37.5. The van der Waals surface area contributed by atoms with Crippen molar-refractivity contribution in [1.82, 2.24) is 0 Å². The number of carbonyl (C=O) groups excluding carboxylic acids is 1. The lowest BCUT2D eigenvalue weighted by Crippen LogP contribution is -2.05. The lowest BCUT2D eigenvalue weighted by Gasteiger charge is -2.10. The van der Waals surface area contributed by atoms with Gasteiger partial charge >= 0.3 is 5.97 Å². The summed E-state index contributed by atoms with van der Waals surface area (Å²) in [6.07, 6.45) is 44.9. The zero-order valence-corrected chi connectivity index (χ0v) is 29.8. The Bertz CT molecular complexity index is 520. The Labute approximate surface area is 271 Å². The minimum Gasteiger partial charge on any atom is -0.466 e. The van der Waals surface area contributed by atoms with Crippen molar-refractivity contribution in [2.75, 3.05) is 6.61 Å². The summed E-state index contributed by atoms with van der Waals surface area (Å²) in [5.41, 5.74) is 0. The highest BCUT2D eigenvalue weighted by Crippen LogP contribution is 2.16. The Morgan fingerprint density at radius 2 is 0.698 bits per heavy atom. The molecule has 43 heavy (non-hydrogen) atoms. The third-order valence-electron chi connectivity index (χ3n) is 9.32. The van der Waals surface area contributed by atoms with Crippen molar-refractivity contribution < 1.29 is 14.6 Å². The Kier molecular flexibility index (Phi) is 37.1. The van der Waals surface area contributed by atoms with Gasteiger partial charge in [-0.05, 0) is 25.7 Å². The molecule has 0 rings (SSSR count). The summed E-state index contributed by atoms with van der Waals surface area (Å²) in [6.45, 7) is 5.14. The first-order valence-corrected chi connectivity index (χ1v) is 20.0. The normalized spacial score (nSPS) is 12.2. The number of unbranched alkanes of at least 4 members (excludes halogenated alkanes) is 29. The molecule has 0 spiro atoms. The summed E-state index contributed by atoms with van der Waals surface area (Å²) in [5, 5.41) is 10.0. The van der Waals surface area contributed by atoms with Gasteiger partial charge in [0.1, 0.15) is 0 Å². The van der Waals surface area contributed by atoms with Crippen LogP contribution in [-0.4, -0.2) is 23.8 Å². The average molecular weight is 609 g/mol. The van der Waals surface area contributed by atoms with Gasteiger partial charge in [-0.2, -0.15) is 0 Å². The lowest BCUT2D eigenvalue weighted by atomic mass is 10.0. The Morgan fingerprint density at radius 1 is 0.419 bits per heavy atom. The monoisotopic (exact) mass is 609 g/mol. The van der Waals surface area contributed by atoms with E-state index in [0.717, 1.165) is 25.7 Å². The van der Waals surface area contributed by atoms with Gasteiger partial charge in [0.05, 0.1) is 12.7 Å². The van der Waals surface area contributed by atoms with E-state index in [-0.39, 0.29) is 12.1 Å². The molecule has 0 aliphatic heterocycles. The first-order valence-electron chi connectivity index (χ1n) is 20.0. The lowest BCUT2D eigenvalue weighted by molar-refractivity contribution is -0.143. The van der Waals surface area contributed by atoms with Crippen molar-refractivity contribution in [3.8, 4) is 0 Å². The first kappa shape index (κ1) is 42.4. The SMILES string of the molecule is CCCCCCCCCCCCCCCCCCCCCC(=O)OCCCCCCCCCCC[C@H](O)CCCCCC. The van der Waals surface area contributed by atoms with E-state index in [4.69, 9.17) is 4.74 Å². The zero-order valence-electron chi connectivity index (χ0n) is 29.8. The van der Waals surface area contributed by atoms with Crippen LogP contribution in [0.15, 0.2) is 0 Å². The van der Waals surface area contributed by atoms with E-state index in [2.05, 4.69) is 13.8 Å². The van der Waals surface area contributed by atoms with Crippen molar-refractivity contribution >= 4 is 5.97 Å². The van der Waals surface area contributed by atoms with E-state index >= 15 is 0 Å². The number of hydrogen-bond acceptors (Lipinski definition) is 3. The number of aliphatic hydroxyl groups is 1. The predicted molar refractivity (Wildman–Crippen MR) is 190 cm³/mol. The maximum absolute atomic E-state index is 12.0. The van der Waals surface area contributed by atoms with Crippen LogP contribution in [0, 0.1) is 0 Å². The number of esters is 1. The molecule has 0 unspecified atom stereocenters. The van der Waals surface area contributed by atoms with Gasteiger partial charge in [0, 0.05) is 6.42 Å². The first-order chi connectivity index (χ1) is 21.2. The second-order valence-corrected chi connectivity index (χ2v) is 13.8. The summed E-state index contributed by atoms with van der Waals surface area (Å²) in [5.74, 6) is 0.0121. The summed E-state index contributed by atoms with van der Waals surface area (Å²) >= 11 is 0. The fraction of sp³-hybridized carbons (Fsp3) is 0.975. The molecular weight excluding hydrogens is 528 g/mol. The van der Waals surface area contributed by atoms with Crippen molar-refractivity contribution in [2.45, 2.75) is 245 Å². The maximum atomic E-state index is 12.0. The van der Waals surface area contributed by atoms with Crippen LogP contribution in [0.5, 0.6) is 0 Å². The number of rotatable bonds is 37. The number of aliphatic hydroxyl groups excluding tert-OH is 1. The van der Waals surface area contributed by atoms with E-state index in [1.165, 1.54) is 193 Å². The van der Waals surface area contributed by atoms with Gasteiger partial charge in [-0.1, -0.05) is 206 Å². The molecule has 0 aromatic carbocycles. The van der Waals surface area contributed by atoms with Gasteiger partial charge in [0.2, 0.25) is 0 Å². The Hall–Kier alpha value is -0.570. The Morgan fingerprint density at radius 3 is 1.07 bits per heavy atom. The maximum Gasteiger partial charge on any atom is 0.305 e. The van der Waals surface area contributed by atoms with Crippen LogP contribution in [0.1, 0.15) is 239 Å². The topological polar surface area (TPSA) is 46.5 Å². The molecule has 0 saturated heterocycles. The van der Waals surface area contributed by atoms with Crippen LogP contribution in [0.25, 0.3) is 0 Å². The number of carbonyl (C=O) groups is 1. The molecule has 1 atom stereocenters. The van der Waals surface area contributed by atoms with Crippen LogP contribution in [0.3, 0.4) is 0 Å². The fourth-order valence-electron chi connectivity index (χ4n) is 6.28. The van der Waals surface area contributed by atoms with Crippen LogP contribution in [0.4, 0.5) is 0 Å². The van der Waals surface area contributed by atoms with Gasteiger partial charge in [-0.25, -0.2) is 0 Å². The molecule has 0 aliphatic rings. The van der Waals surface area contributed by atoms with Gasteiger partial charge in [-0.15, -0.1) is 0 Å². The molecule has 0 aromatic rings. The van der Waals surface area contributed by atoms with Crippen LogP contribution < -0.4 is 0 Å². The highest BCUT2D eigenvalue weighted by atomic mass is 16.5. The molecular formula is C40H80O3. The molecule has 258 valence electrons. The largest absolute Gasteiger partial charge is 0.466 e. The second-order valence-electron chi connectivity index (χ2n) is 13.8. The molecule has 0 heterocycles. The molecule has 0 radical (unpaired) electrons. The molecule has 3 heteroatoms. The van der Waals surface area contributed by atoms with Gasteiger partial charge in [0.25, 0.3) is 0 Å². The van der Waals surface area contributed by atoms with Crippen molar-refractivity contribution in [2.24, 2.45) is 0 Å². The quantitative estimate of drug-likeness (QED) is 0.0563. The standard InChI is InChI=1S/C40H80O3/c1-3-5-7-9-10-11-12-13-14-15-16-17-18-19-20-23-26-29-33-37-40(42)43-38-34-30-27-24-21-22-25-28-32-36-39(41)35-31-8-6-4-2/h39,41H,3-38H2,1-2H3/t39-/m1/s1. The van der Waals surface area contributed by atoms with Gasteiger partial charge in [0.15, 0.2) is 0 Å². The summed E-state index contributed by atoms with van der Waals surface area (Å²) in [6, 6.07) is 0. The molecule has 0 bridgehead atoms. The third-order valence-corrected chi connectivity index (χ3v) is 9.32. The van der Waals surface area contributed by atoms with Crippen LogP contribution in [-0.2, 0) is 9.53 Å². The predicted octanol–water partition coefficient (Wildman–Crippen LogP) is 13.6.